The van der Waals surface area contributed by atoms with Gasteiger partial charge < -0.3 is 9.47 Å². The molecule has 5 heteroatoms. The highest BCUT2D eigenvalue weighted by Gasteiger charge is 2.60. The average Bonchev–Trinajstić information content (AvgIpc) is 2.46. The Bertz CT molecular complexity index is 633. The van der Waals surface area contributed by atoms with Gasteiger partial charge in [-0.25, -0.2) is 0 Å². The number of fused-ring (bicyclic) bond motifs is 2. The van der Waals surface area contributed by atoms with Crippen LogP contribution in [0.2, 0.25) is 0 Å². The third-order valence-electron chi connectivity index (χ3n) is 4.09. The zero-order valence-corrected chi connectivity index (χ0v) is 11.0. The lowest BCUT2D eigenvalue weighted by Gasteiger charge is -2.44. The molecular weight excluding hydrogens is 258 g/mol. The van der Waals surface area contributed by atoms with Crippen molar-refractivity contribution in [3.8, 4) is 11.8 Å². The minimum absolute atomic E-state index is 0.0556. The molecule has 2 aliphatic rings. The Morgan fingerprint density at radius 1 is 1.35 bits per heavy atom. The predicted octanol–water partition coefficient (Wildman–Crippen LogP) is 1.52. The van der Waals surface area contributed by atoms with Gasteiger partial charge in [-0.15, -0.1) is 0 Å². The molecule has 0 aromatic heterocycles. The summed E-state index contributed by atoms with van der Waals surface area (Å²) >= 11 is 0. The lowest BCUT2D eigenvalue weighted by molar-refractivity contribution is -0.134. The van der Waals surface area contributed by atoms with Gasteiger partial charge in [-0.2, -0.15) is 5.26 Å². The first kappa shape index (κ1) is 12.8. The Hall–Kier alpha value is -2.19. The third-order valence-corrected chi connectivity index (χ3v) is 4.09. The number of para-hydroxylation sites is 1. The Labute approximate surface area is 116 Å². The van der Waals surface area contributed by atoms with Crippen molar-refractivity contribution in [3.05, 3.63) is 29.8 Å². The summed E-state index contributed by atoms with van der Waals surface area (Å²) in [6, 6.07) is 8.87. The van der Waals surface area contributed by atoms with Crippen LogP contribution in [0.1, 0.15) is 23.2 Å². The molecule has 3 atom stereocenters. The van der Waals surface area contributed by atoms with Gasteiger partial charge in [0, 0.05) is 20.0 Å². The highest BCUT2D eigenvalue weighted by Crippen LogP contribution is 2.46. The van der Waals surface area contributed by atoms with Crippen molar-refractivity contribution in [2.24, 2.45) is 5.41 Å². The number of Topliss-reactive ketones (excluding diaryl/α,β-unsaturated/α-hetero) is 2. The maximum absolute atomic E-state index is 12.8. The van der Waals surface area contributed by atoms with Crippen molar-refractivity contribution in [2.75, 3.05) is 7.11 Å². The van der Waals surface area contributed by atoms with Crippen LogP contribution in [-0.4, -0.2) is 30.9 Å². The Balaban J connectivity index is 2.18. The molecule has 20 heavy (non-hydrogen) atoms. The maximum atomic E-state index is 12.8. The summed E-state index contributed by atoms with van der Waals surface area (Å²) in [4.78, 5) is 24.6. The fraction of sp³-hybridized carbons (Fsp3) is 0.400. The van der Waals surface area contributed by atoms with E-state index in [9.17, 15) is 14.9 Å². The first-order chi connectivity index (χ1) is 9.63. The van der Waals surface area contributed by atoms with Crippen LogP contribution >= 0.6 is 0 Å². The number of ether oxygens (including phenoxy) is 2. The van der Waals surface area contributed by atoms with E-state index in [1.165, 1.54) is 7.11 Å². The SMILES string of the molecule is COC1CC(=O)C[C@@H]2Oc3ccccc3C(=O)[C@]12C#N. The number of carbonyl (C=O) groups is 2. The fourth-order valence-corrected chi connectivity index (χ4v) is 3.05. The summed E-state index contributed by atoms with van der Waals surface area (Å²) in [5, 5.41) is 9.62. The summed E-state index contributed by atoms with van der Waals surface area (Å²) in [5.74, 6) is 0.0593. The van der Waals surface area contributed by atoms with Crippen molar-refractivity contribution in [3.63, 3.8) is 0 Å². The Morgan fingerprint density at radius 3 is 2.80 bits per heavy atom. The van der Waals surface area contributed by atoms with Crippen LogP contribution < -0.4 is 4.74 Å². The van der Waals surface area contributed by atoms with Gasteiger partial charge in [-0.3, -0.25) is 9.59 Å². The van der Waals surface area contributed by atoms with Crippen LogP contribution in [0.5, 0.6) is 5.75 Å². The second-order valence-electron chi connectivity index (χ2n) is 5.08. The lowest BCUT2D eigenvalue weighted by Crippen LogP contribution is -2.59. The lowest BCUT2D eigenvalue weighted by atomic mass is 9.64. The molecule has 0 amide bonds. The van der Waals surface area contributed by atoms with Gasteiger partial charge in [0.2, 0.25) is 0 Å². The van der Waals surface area contributed by atoms with Crippen LogP contribution in [0, 0.1) is 16.7 Å². The van der Waals surface area contributed by atoms with Crippen molar-refractivity contribution in [1.82, 2.24) is 0 Å². The van der Waals surface area contributed by atoms with Gasteiger partial charge in [0.1, 0.15) is 17.6 Å². The predicted molar refractivity (Wildman–Crippen MR) is 68.3 cm³/mol. The van der Waals surface area contributed by atoms with E-state index in [2.05, 4.69) is 6.07 Å². The quantitative estimate of drug-likeness (QED) is 0.774. The van der Waals surface area contributed by atoms with Gasteiger partial charge >= 0.3 is 0 Å². The molecule has 1 heterocycles. The van der Waals surface area contributed by atoms with Gasteiger partial charge in [0.25, 0.3) is 0 Å². The minimum Gasteiger partial charge on any atom is -0.487 e. The second-order valence-corrected chi connectivity index (χ2v) is 5.08. The molecule has 0 bridgehead atoms. The van der Waals surface area contributed by atoms with E-state index in [-0.39, 0.29) is 24.4 Å². The minimum atomic E-state index is -1.43. The van der Waals surface area contributed by atoms with Crippen LogP contribution in [0.4, 0.5) is 0 Å². The van der Waals surface area contributed by atoms with Crippen LogP contribution in [0.25, 0.3) is 0 Å². The molecule has 102 valence electrons. The van der Waals surface area contributed by atoms with E-state index in [1.807, 2.05) is 0 Å². The van der Waals surface area contributed by atoms with Crippen LogP contribution in [0.15, 0.2) is 24.3 Å². The van der Waals surface area contributed by atoms with Crippen molar-refractivity contribution >= 4 is 11.6 Å². The number of rotatable bonds is 1. The molecule has 1 aromatic carbocycles. The smallest absolute Gasteiger partial charge is 0.193 e. The number of hydrogen-bond acceptors (Lipinski definition) is 5. The number of nitriles is 1. The fourth-order valence-electron chi connectivity index (χ4n) is 3.05. The van der Waals surface area contributed by atoms with E-state index in [1.54, 1.807) is 24.3 Å². The molecular formula is C15H13NO4. The normalized spacial score (nSPS) is 31.8. The number of benzene rings is 1. The molecule has 1 saturated carbocycles. The van der Waals surface area contributed by atoms with Gasteiger partial charge in [0.05, 0.1) is 17.7 Å². The van der Waals surface area contributed by atoms with Crippen LogP contribution in [0.3, 0.4) is 0 Å². The van der Waals surface area contributed by atoms with Gasteiger partial charge in [-0.1, -0.05) is 12.1 Å². The number of nitrogens with zero attached hydrogens (tertiary/aromatic N) is 1. The van der Waals surface area contributed by atoms with E-state index in [4.69, 9.17) is 9.47 Å². The summed E-state index contributed by atoms with van der Waals surface area (Å²) in [7, 11) is 1.41. The third kappa shape index (κ3) is 1.52. The molecule has 1 aliphatic heterocycles. The van der Waals surface area contributed by atoms with Crippen molar-refractivity contribution < 1.29 is 19.1 Å². The average molecular weight is 271 g/mol. The second kappa shape index (κ2) is 4.43. The molecule has 0 radical (unpaired) electrons. The van der Waals surface area contributed by atoms with Gasteiger partial charge in [-0.05, 0) is 12.1 Å². The summed E-state index contributed by atoms with van der Waals surface area (Å²) < 4.78 is 11.0. The van der Waals surface area contributed by atoms with E-state index in [0.717, 1.165) is 0 Å². The highest BCUT2D eigenvalue weighted by atomic mass is 16.5. The van der Waals surface area contributed by atoms with E-state index in [0.29, 0.717) is 11.3 Å². The summed E-state index contributed by atoms with van der Waals surface area (Å²) in [6.07, 6.45) is -1.41. The van der Waals surface area contributed by atoms with Gasteiger partial charge in [0.15, 0.2) is 11.2 Å². The molecule has 1 aliphatic carbocycles. The van der Waals surface area contributed by atoms with Crippen LogP contribution in [-0.2, 0) is 9.53 Å². The molecule has 3 rings (SSSR count). The maximum Gasteiger partial charge on any atom is 0.193 e. The Kier molecular flexibility index (Phi) is 2.84. The molecule has 1 fully saturated rings. The number of carbonyl (C=O) groups excluding carboxylic acids is 2. The van der Waals surface area contributed by atoms with Crippen molar-refractivity contribution in [1.29, 1.82) is 5.26 Å². The number of ketones is 2. The van der Waals surface area contributed by atoms with E-state index < -0.39 is 17.6 Å². The molecule has 1 unspecified atom stereocenters. The zero-order valence-electron chi connectivity index (χ0n) is 11.0. The summed E-state index contributed by atoms with van der Waals surface area (Å²) in [6.45, 7) is 0. The highest BCUT2D eigenvalue weighted by molar-refractivity contribution is 6.07. The molecule has 0 spiro atoms. The van der Waals surface area contributed by atoms with E-state index >= 15 is 0 Å². The number of methoxy groups -OCH3 is 1. The topological polar surface area (TPSA) is 76.4 Å². The Morgan fingerprint density at radius 2 is 2.10 bits per heavy atom. The summed E-state index contributed by atoms with van der Waals surface area (Å²) in [5.41, 5.74) is -1.06. The largest absolute Gasteiger partial charge is 0.487 e. The molecule has 1 aromatic rings. The first-order valence-corrected chi connectivity index (χ1v) is 6.39. The zero-order chi connectivity index (χ0) is 14.3. The first-order valence-electron chi connectivity index (χ1n) is 6.39. The monoisotopic (exact) mass is 271 g/mol. The molecule has 5 nitrogen and oxygen atoms in total. The molecule has 0 saturated heterocycles. The standard InChI is InChI=1S/C15H13NO4/c1-19-12-6-9(17)7-13-15(12,8-16)14(18)10-4-2-3-5-11(10)20-13/h2-5,12-13H,6-7H2,1H3/t12?,13-,15+/m0/s1. The van der Waals surface area contributed by atoms with Crippen molar-refractivity contribution in [2.45, 2.75) is 25.0 Å². The number of hydrogen-bond donors (Lipinski definition) is 0. The molecule has 0 N–H and O–H groups in total.